The maximum Gasteiger partial charge on any atom is 0.309 e. The fraction of sp³-hybridized carbons (Fsp3) is 0.833. The summed E-state index contributed by atoms with van der Waals surface area (Å²) in [7, 11) is 2.01. The molecule has 0 rings (SSSR count). The van der Waals surface area contributed by atoms with Crippen LogP contribution in [0.15, 0.2) is 0 Å². The van der Waals surface area contributed by atoms with E-state index in [1.807, 2.05) is 7.05 Å². The summed E-state index contributed by atoms with van der Waals surface area (Å²) in [5, 5.41) is 2.47. The van der Waals surface area contributed by atoms with E-state index in [1.165, 1.54) is 0 Å². The van der Waals surface area contributed by atoms with Crippen molar-refractivity contribution in [2.75, 3.05) is 26.7 Å². The van der Waals surface area contributed by atoms with Gasteiger partial charge in [0.15, 0.2) is 0 Å². The molecule has 0 aliphatic heterocycles. The third-order valence-electron chi connectivity index (χ3n) is 1.23. The predicted molar refractivity (Wildman–Crippen MR) is 36.9 cm³/mol. The Morgan fingerprint density at radius 3 is 2.78 bits per heavy atom. The average molecular weight is 129 g/mol. The summed E-state index contributed by atoms with van der Waals surface area (Å²) in [5.41, 5.74) is 0. The van der Waals surface area contributed by atoms with Crippen LogP contribution in [0.3, 0.4) is 0 Å². The van der Waals surface area contributed by atoms with Crippen molar-refractivity contribution in [2.24, 2.45) is 0 Å². The number of nitrogens with one attached hydrogen (secondary N) is 1. The van der Waals surface area contributed by atoms with Crippen molar-refractivity contribution in [3.05, 3.63) is 0 Å². The first-order valence-electron chi connectivity index (χ1n) is 3.09. The molecular formula is C6H13N2O. The Labute approximate surface area is 56.0 Å². The highest BCUT2D eigenvalue weighted by atomic mass is 16.1. The second-order valence-corrected chi connectivity index (χ2v) is 1.92. The lowest BCUT2D eigenvalue weighted by molar-refractivity contribution is 0.356. The van der Waals surface area contributed by atoms with E-state index in [2.05, 4.69) is 17.1 Å². The van der Waals surface area contributed by atoms with Crippen LogP contribution in [0.1, 0.15) is 6.92 Å². The molecule has 0 aromatic heterocycles. The van der Waals surface area contributed by atoms with Gasteiger partial charge in [-0.25, -0.2) is 0 Å². The van der Waals surface area contributed by atoms with Gasteiger partial charge in [0.2, 0.25) is 0 Å². The number of carbonyl (C=O) groups excluding carboxylic acids is 1. The van der Waals surface area contributed by atoms with Gasteiger partial charge in [-0.15, -0.1) is 0 Å². The molecule has 3 heteroatoms. The number of nitrogens with zero attached hydrogens (tertiary/aromatic N) is 1. The van der Waals surface area contributed by atoms with Gasteiger partial charge in [0.25, 0.3) is 0 Å². The summed E-state index contributed by atoms with van der Waals surface area (Å²) in [6, 6.07) is 0. The molecule has 0 spiro atoms. The number of hydrogen-bond acceptors (Lipinski definition) is 2. The standard InChI is InChI=1S/C6H13N2O/c1-3-8(2)5-4-7-6-9/h3-5H2,1-2H3,(H,7,9). The van der Waals surface area contributed by atoms with Crippen LogP contribution in [0.5, 0.6) is 0 Å². The lowest BCUT2D eigenvalue weighted by Gasteiger charge is -2.11. The molecule has 0 saturated heterocycles. The number of rotatable bonds is 5. The van der Waals surface area contributed by atoms with Gasteiger partial charge in [-0.2, -0.15) is 0 Å². The van der Waals surface area contributed by atoms with E-state index in [0.717, 1.165) is 13.1 Å². The zero-order valence-corrected chi connectivity index (χ0v) is 5.98. The second kappa shape index (κ2) is 5.56. The van der Waals surface area contributed by atoms with E-state index in [1.54, 1.807) is 6.41 Å². The predicted octanol–water partition coefficient (Wildman–Crippen LogP) is -0.405. The van der Waals surface area contributed by atoms with Gasteiger partial charge in [0, 0.05) is 13.1 Å². The maximum absolute atomic E-state index is 9.62. The Morgan fingerprint density at radius 1 is 1.67 bits per heavy atom. The van der Waals surface area contributed by atoms with Crippen LogP contribution in [0.2, 0.25) is 0 Å². The molecule has 0 unspecified atom stereocenters. The van der Waals surface area contributed by atoms with Crippen molar-refractivity contribution in [3.8, 4) is 0 Å². The van der Waals surface area contributed by atoms with Gasteiger partial charge in [0.1, 0.15) is 0 Å². The molecular weight excluding hydrogens is 116 g/mol. The largest absolute Gasteiger partial charge is 0.347 e. The van der Waals surface area contributed by atoms with E-state index in [4.69, 9.17) is 0 Å². The van der Waals surface area contributed by atoms with Crippen molar-refractivity contribution in [2.45, 2.75) is 6.92 Å². The van der Waals surface area contributed by atoms with Crippen molar-refractivity contribution in [1.82, 2.24) is 10.2 Å². The topological polar surface area (TPSA) is 32.3 Å². The minimum atomic E-state index is 0.688. The lowest BCUT2D eigenvalue weighted by Crippen LogP contribution is -2.28. The zero-order chi connectivity index (χ0) is 7.11. The highest BCUT2D eigenvalue weighted by Gasteiger charge is 1.90. The van der Waals surface area contributed by atoms with E-state index >= 15 is 0 Å². The van der Waals surface area contributed by atoms with Crippen LogP contribution in [-0.4, -0.2) is 38.0 Å². The molecule has 9 heavy (non-hydrogen) atoms. The minimum absolute atomic E-state index is 0.688. The van der Waals surface area contributed by atoms with Crippen molar-refractivity contribution in [3.63, 3.8) is 0 Å². The fourth-order valence-electron chi connectivity index (χ4n) is 0.456. The summed E-state index contributed by atoms with van der Waals surface area (Å²) < 4.78 is 0. The van der Waals surface area contributed by atoms with E-state index in [-0.39, 0.29) is 0 Å². The Kier molecular flexibility index (Phi) is 5.21. The molecule has 0 aromatic rings. The summed E-state index contributed by atoms with van der Waals surface area (Å²) in [6.07, 6.45) is 1.62. The molecule has 1 amide bonds. The number of amides is 1. The first-order valence-corrected chi connectivity index (χ1v) is 3.09. The fourth-order valence-corrected chi connectivity index (χ4v) is 0.456. The molecule has 0 bridgehead atoms. The molecule has 0 aromatic carbocycles. The van der Waals surface area contributed by atoms with Crippen molar-refractivity contribution in [1.29, 1.82) is 0 Å². The highest BCUT2D eigenvalue weighted by Crippen LogP contribution is 1.75. The molecule has 3 nitrogen and oxygen atoms in total. The molecule has 0 heterocycles. The molecule has 53 valence electrons. The van der Waals surface area contributed by atoms with Crippen LogP contribution in [-0.2, 0) is 4.79 Å². The van der Waals surface area contributed by atoms with Gasteiger partial charge in [0.05, 0.1) is 0 Å². The first kappa shape index (κ1) is 8.43. The van der Waals surface area contributed by atoms with E-state index in [9.17, 15) is 4.79 Å². The van der Waals surface area contributed by atoms with Crippen molar-refractivity contribution < 1.29 is 4.79 Å². The lowest BCUT2D eigenvalue weighted by atomic mass is 10.5. The SMILES string of the molecule is CCN(C)CCN[C]=O. The van der Waals surface area contributed by atoms with Crippen molar-refractivity contribution >= 4 is 6.41 Å². The molecule has 0 fully saturated rings. The summed E-state index contributed by atoms with van der Waals surface area (Å²) in [5.74, 6) is 0. The monoisotopic (exact) mass is 129 g/mol. The average Bonchev–Trinajstić information content (AvgIpc) is 1.89. The molecule has 0 atom stereocenters. The Bertz CT molecular complexity index is 75.5. The second-order valence-electron chi connectivity index (χ2n) is 1.92. The summed E-state index contributed by atoms with van der Waals surface area (Å²) in [4.78, 5) is 11.7. The first-order chi connectivity index (χ1) is 4.31. The summed E-state index contributed by atoms with van der Waals surface area (Å²) >= 11 is 0. The molecule has 0 aliphatic carbocycles. The van der Waals surface area contributed by atoms with E-state index < -0.39 is 0 Å². The Morgan fingerprint density at radius 2 is 2.33 bits per heavy atom. The van der Waals surface area contributed by atoms with Gasteiger partial charge in [-0.05, 0) is 13.6 Å². The molecule has 1 radical (unpaired) electrons. The number of likely N-dealkylation sites (N-methyl/N-ethyl adjacent to an activating group) is 1. The Balaban J connectivity index is 2.96. The quantitative estimate of drug-likeness (QED) is 0.404. The minimum Gasteiger partial charge on any atom is -0.347 e. The molecule has 0 saturated carbocycles. The zero-order valence-electron chi connectivity index (χ0n) is 5.98. The van der Waals surface area contributed by atoms with Gasteiger partial charge >= 0.3 is 6.41 Å². The Hall–Kier alpha value is -0.570. The van der Waals surface area contributed by atoms with E-state index in [0.29, 0.717) is 6.54 Å². The summed E-state index contributed by atoms with van der Waals surface area (Å²) in [6.45, 7) is 4.67. The molecule has 0 aliphatic rings. The van der Waals surface area contributed by atoms with Crippen LogP contribution in [0.4, 0.5) is 0 Å². The van der Waals surface area contributed by atoms with Gasteiger partial charge in [-0.3, -0.25) is 4.79 Å². The van der Waals surface area contributed by atoms with Crippen LogP contribution >= 0.6 is 0 Å². The normalized spacial score (nSPS) is 9.67. The highest BCUT2D eigenvalue weighted by molar-refractivity contribution is 5.46. The van der Waals surface area contributed by atoms with Crippen LogP contribution < -0.4 is 5.32 Å². The van der Waals surface area contributed by atoms with Crippen LogP contribution in [0.25, 0.3) is 0 Å². The number of hydrogen-bond donors (Lipinski definition) is 1. The van der Waals surface area contributed by atoms with Gasteiger partial charge < -0.3 is 10.2 Å². The maximum atomic E-state index is 9.62. The third kappa shape index (κ3) is 5.30. The van der Waals surface area contributed by atoms with Gasteiger partial charge in [-0.1, -0.05) is 6.92 Å². The smallest absolute Gasteiger partial charge is 0.309 e. The third-order valence-corrected chi connectivity index (χ3v) is 1.23. The van der Waals surface area contributed by atoms with Crippen LogP contribution in [0, 0.1) is 0 Å². The molecule has 1 N–H and O–H groups in total.